The summed E-state index contributed by atoms with van der Waals surface area (Å²) in [7, 11) is 0. The zero-order valence-electron chi connectivity index (χ0n) is 21.9. The van der Waals surface area contributed by atoms with Gasteiger partial charge in [0.1, 0.15) is 18.0 Å². The van der Waals surface area contributed by atoms with Crippen LogP contribution in [-0.4, -0.2) is 65.5 Å². The number of rotatable bonds is 9. The number of hydrogen-bond acceptors (Lipinski definition) is 7. The summed E-state index contributed by atoms with van der Waals surface area (Å²) in [5.41, 5.74) is 1.71. The molecule has 2 aliphatic rings. The van der Waals surface area contributed by atoms with Gasteiger partial charge in [0.25, 0.3) is 0 Å². The third-order valence-electron chi connectivity index (χ3n) is 6.79. The summed E-state index contributed by atoms with van der Waals surface area (Å²) in [4.78, 5) is 25.3. The molecule has 2 aromatic rings. The second-order valence-electron chi connectivity index (χ2n) is 10.8. The second kappa shape index (κ2) is 12.4. The zero-order chi connectivity index (χ0) is 25.4. The molecule has 0 saturated carbocycles. The van der Waals surface area contributed by atoms with E-state index < -0.39 is 5.60 Å². The Balaban J connectivity index is 1.19. The molecule has 8 heteroatoms. The number of likely N-dealkylation sites (tertiary alicyclic amines) is 1. The van der Waals surface area contributed by atoms with E-state index in [0.717, 1.165) is 68.8 Å². The topological polar surface area (TPSA) is 77.0 Å². The molecule has 1 atom stereocenters. The first-order valence-electron chi connectivity index (χ1n) is 13.2. The van der Waals surface area contributed by atoms with Crippen molar-refractivity contribution in [3.63, 3.8) is 0 Å². The first-order valence-corrected chi connectivity index (χ1v) is 13.2. The Morgan fingerprint density at radius 1 is 1.08 bits per heavy atom. The van der Waals surface area contributed by atoms with Crippen LogP contribution in [0, 0.1) is 5.92 Å². The van der Waals surface area contributed by atoms with Gasteiger partial charge in [0.2, 0.25) is 0 Å². The van der Waals surface area contributed by atoms with Crippen molar-refractivity contribution >= 4 is 11.8 Å². The highest BCUT2D eigenvalue weighted by molar-refractivity contribution is 5.69. The summed E-state index contributed by atoms with van der Waals surface area (Å²) < 4.78 is 17.5. The highest BCUT2D eigenvalue weighted by Crippen LogP contribution is 2.28. The maximum absolute atomic E-state index is 12.5. The third kappa shape index (κ3) is 7.82. The molecule has 0 N–H and O–H groups in total. The van der Waals surface area contributed by atoms with E-state index in [1.54, 1.807) is 17.3 Å². The maximum Gasteiger partial charge on any atom is 0.410 e. The minimum absolute atomic E-state index is 0.0274. The van der Waals surface area contributed by atoms with Crippen LogP contribution in [0.3, 0.4) is 0 Å². The molecule has 2 saturated heterocycles. The van der Waals surface area contributed by atoms with Crippen molar-refractivity contribution in [1.82, 2.24) is 14.9 Å². The number of aromatic nitrogens is 2. The van der Waals surface area contributed by atoms with Crippen molar-refractivity contribution in [2.75, 3.05) is 37.7 Å². The monoisotopic (exact) mass is 496 g/mol. The smallest absolute Gasteiger partial charge is 0.410 e. The van der Waals surface area contributed by atoms with Gasteiger partial charge < -0.3 is 24.0 Å². The van der Waals surface area contributed by atoms with Crippen molar-refractivity contribution in [1.29, 1.82) is 0 Å². The fourth-order valence-corrected chi connectivity index (χ4v) is 4.82. The van der Waals surface area contributed by atoms with Crippen LogP contribution in [0.2, 0.25) is 0 Å². The molecule has 0 spiro atoms. The summed E-state index contributed by atoms with van der Waals surface area (Å²) in [6.45, 7) is 10.3. The number of piperidine rings is 1. The molecule has 2 aromatic heterocycles. The summed E-state index contributed by atoms with van der Waals surface area (Å²) in [5, 5.41) is 0. The molecule has 36 heavy (non-hydrogen) atoms. The van der Waals surface area contributed by atoms with Gasteiger partial charge in [0.15, 0.2) is 0 Å². The van der Waals surface area contributed by atoms with E-state index in [1.165, 1.54) is 0 Å². The van der Waals surface area contributed by atoms with Crippen LogP contribution in [-0.2, 0) is 16.1 Å². The molecule has 0 bridgehead atoms. The van der Waals surface area contributed by atoms with Gasteiger partial charge in [0, 0.05) is 44.7 Å². The summed E-state index contributed by atoms with van der Waals surface area (Å²) in [6, 6.07) is 6.08. The predicted molar refractivity (Wildman–Crippen MR) is 139 cm³/mol. The summed E-state index contributed by atoms with van der Waals surface area (Å²) in [5.74, 6) is 1.43. The first kappa shape index (κ1) is 26.2. The van der Waals surface area contributed by atoms with Crippen molar-refractivity contribution in [2.24, 2.45) is 5.92 Å². The molecule has 1 amide bonds. The maximum atomic E-state index is 12.5. The van der Waals surface area contributed by atoms with Gasteiger partial charge in [-0.05, 0) is 70.4 Å². The van der Waals surface area contributed by atoms with Crippen LogP contribution in [0.25, 0.3) is 0 Å². The van der Waals surface area contributed by atoms with Crippen molar-refractivity contribution in [2.45, 2.75) is 71.1 Å². The van der Waals surface area contributed by atoms with Crippen LogP contribution < -0.4 is 9.64 Å². The van der Waals surface area contributed by atoms with Crippen molar-refractivity contribution in [3.05, 3.63) is 48.5 Å². The molecule has 0 aromatic carbocycles. The molecule has 0 radical (unpaired) electrons. The van der Waals surface area contributed by atoms with Crippen LogP contribution in [0.1, 0.15) is 58.4 Å². The molecule has 196 valence electrons. The highest BCUT2D eigenvalue weighted by atomic mass is 16.6. The van der Waals surface area contributed by atoms with Crippen molar-refractivity contribution in [3.8, 4) is 5.75 Å². The number of hydrogen-bond donors (Lipinski definition) is 0. The first-order chi connectivity index (χ1) is 17.4. The molecule has 4 heterocycles. The molecule has 2 aliphatic heterocycles. The summed E-state index contributed by atoms with van der Waals surface area (Å²) >= 11 is 0. The van der Waals surface area contributed by atoms with Gasteiger partial charge in [-0.1, -0.05) is 6.07 Å². The van der Waals surface area contributed by atoms with Gasteiger partial charge in [-0.3, -0.25) is 9.97 Å². The average Bonchev–Trinajstić information content (AvgIpc) is 3.35. The molecule has 4 rings (SSSR count). The largest absolute Gasteiger partial charge is 0.490 e. The van der Waals surface area contributed by atoms with Crippen LogP contribution in [0.15, 0.2) is 43.0 Å². The van der Waals surface area contributed by atoms with E-state index >= 15 is 0 Å². The number of nitrogens with zero attached hydrogens (tertiary/aromatic N) is 4. The van der Waals surface area contributed by atoms with E-state index in [9.17, 15) is 4.79 Å². The number of pyridine rings is 2. The van der Waals surface area contributed by atoms with Crippen LogP contribution in [0.4, 0.5) is 10.5 Å². The molecule has 0 aliphatic carbocycles. The van der Waals surface area contributed by atoms with Gasteiger partial charge in [-0.2, -0.15) is 0 Å². The lowest BCUT2D eigenvalue weighted by Crippen LogP contribution is -2.42. The molecule has 2 fully saturated rings. The average molecular weight is 497 g/mol. The Hall–Kier alpha value is -2.87. The van der Waals surface area contributed by atoms with E-state index in [2.05, 4.69) is 20.9 Å². The molecular weight excluding hydrogens is 456 g/mol. The van der Waals surface area contributed by atoms with E-state index in [1.807, 2.05) is 45.3 Å². The number of ether oxygens (including phenoxy) is 3. The minimum atomic E-state index is -0.496. The Kier molecular flexibility index (Phi) is 9.02. The Bertz CT molecular complexity index is 958. The van der Waals surface area contributed by atoms with E-state index in [-0.39, 0.29) is 12.1 Å². The van der Waals surface area contributed by atoms with Gasteiger partial charge in [-0.25, -0.2) is 4.79 Å². The van der Waals surface area contributed by atoms with Gasteiger partial charge >= 0.3 is 6.09 Å². The van der Waals surface area contributed by atoms with Gasteiger partial charge in [0.05, 0.1) is 30.7 Å². The SMILES string of the molecule is CC(C)(C)OC(=O)N1CCC[C@H]1COc1cncc(N2CCC(CCOCc3cccnc3)CC2)c1. The number of carbonyl (C=O) groups excluding carboxylic acids is 1. The number of amides is 1. The predicted octanol–water partition coefficient (Wildman–Crippen LogP) is 5.08. The molecule has 0 unspecified atom stereocenters. The Morgan fingerprint density at radius 3 is 2.67 bits per heavy atom. The quantitative estimate of drug-likeness (QED) is 0.448. The lowest BCUT2D eigenvalue weighted by Gasteiger charge is -2.33. The zero-order valence-corrected chi connectivity index (χ0v) is 21.9. The normalized spacial score (nSPS) is 18.9. The molecule has 8 nitrogen and oxygen atoms in total. The number of carbonyl (C=O) groups is 1. The highest BCUT2D eigenvalue weighted by Gasteiger charge is 2.32. The fraction of sp³-hybridized carbons (Fsp3) is 0.607. The van der Waals surface area contributed by atoms with Crippen LogP contribution in [0.5, 0.6) is 5.75 Å². The van der Waals surface area contributed by atoms with Crippen molar-refractivity contribution < 1.29 is 19.0 Å². The van der Waals surface area contributed by atoms with Gasteiger partial charge in [-0.15, -0.1) is 0 Å². The standard InChI is InChI=1S/C28H40N4O4/c1-28(2,3)36-27(33)32-12-5-7-24(32)21-35-26-16-25(18-30-19-26)31-13-8-22(9-14-31)10-15-34-20-23-6-4-11-29-17-23/h4,6,11,16-19,22,24H,5,7-10,12-15,20-21H2,1-3H3/t24-/m0/s1. The van der Waals surface area contributed by atoms with Crippen LogP contribution >= 0.6 is 0 Å². The lowest BCUT2D eigenvalue weighted by molar-refractivity contribution is 0.0187. The third-order valence-corrected chi connectivity index (χ3v) is 6.79. The second-order valence-corrected chi connectivity index (χ2v) is 10.8. The number of anilines is 1. The lowest BCUT2D eigenvalue weighted by atomic mass is 9.94. The Morgan fingerprint density at radius 2 is 1.92 bits per heavy atom. The fourth-order valence-electron chi connectivity index (χ4n) is 4.82. The minimum Gasteiger partial charge on any atom is -0.490 e. The molecular formula is C28H40N4O4. The summed E-state index contributed by atoms with van der Waals surface area (Å²) in [6.07, 6.45) is 12.3. The van der Waals surface area contributed by atoms with E-state index in [0.29, 0.717) is 25.7 Å². The van der Waals surface area contributed by atoms with E-state index in [4.69, 9.17) is 14.2 Å². The Labute approximate surface area is 215 Å².